The highest BCUT2D eigenvalue weighted by Gasteiger charge is 2.23. The molecule has 0 aliphatic carbocycles. The summed E-state index contributed by atoms with van der Waals surface area (Å²) in [5.74, 6) is 0. The van der Waals surface area contributed by atoms with Crippen molar-refractivity contribution in [2.24, 2.45) is 0 Å². The lowest BCUT2D eigenvalue weighted by molar-refractivity contribution is 0.687. The second kappa shape index (κ2) is 7.31. The van der Waals surface area contributed by atoms with Gasteiger partial charge in [0, 0.05) is 17.4 Å². The molecule has 0 saturated heterocycles. The highest BCUT2D eigenvalue weighted by molar-refractivity contribution is 5.71. The molecule has 1 heteroatoms. The van der Waals surface area contributed by atoms with Gasteiger partial charge in [-0.25, -0.2) is 0 Å². The van der Waals surface area contributed by atoms with Gasteiger partial charge in [-0.1, -0.05) is 58.2 Å². The first-order valence-electron chi connectivity index (χ1n) is 7.26. The number of fused-ring (bicyclic) bond motifs is 2. The summed E-state index contributed by atoms with van der Waals surface area (Å²) < 4.78 is 0. The van der Waals surface area contributed by atoms with Crippen molar-refractivity contribution in [2.45, 2.75) is 54.0 Å². The molecule has 2 aromatic carbocycles. The maximum Gasteiger partial charge on any atom is 0.0445 e. The van der Waals surface area contributed by atoms with Crippen LogP contribution in [0.3, 0.4) is 0 Å². The van der Waals surface area contributed by atoms with E-state index in [0.717, 1.165) is 19.3 Å². The SMILES string of the molecule is C.C.CCC(C)N1c2ccccc2CCc2ccccc21. The predicted molar refractivity (Wildman–Crippen MR) is 95.6 cm³/mol. The average molecular weight is 283 g/mol. The molecule has 0 N–H and O–H groups in total. The number of nitrogens with zero attached hydrogens (tertiary/aromatic N) is 1. The molecule has 0 saturated carbocycles. The summed E-state index contributed by atoms with van der Waals surface area (Å²) in [6.45, 7) is 4.58. The Morgan fingerprint density at radius 2 is 1.29 bits per heavy atom. The van der Waals surface area contributed by atoms with E-state index in [9.17, 15) is 0 Å². The summed E-state index contributed by atoms with van der Waals surface area (Å²) in [6.07, 6.45) is 3.43. The molecule has 1 nitrogen and oxygen atoms in total. The first kappa shape index (κ1) is 17.3. The van der Waals surface area contributed by atoms with E-state index in [-0.39, 0.29) is 14.9 Å². The van der Waals surface area contributed by atoms with Crippen LogP contribution >= 0.6 is 0 Å². The third kappa shape index (κ3) is 3.12. The lowest BCUT2D eigenvalue weighted by atomic mass is 10.0. The molecule has 3 rings (SSSR count). The van der Waals surface area contributed by atoms with Crippen molar-refractivity contribution in [1.29, 1.82) is 0 Å². The monoisotopic (exact) mass is 283 g/mol. The van der Waals surface area contributed by atoms with Gasteiger partial charge >= 0.3 is 0 Å². The smallest absolute Gasteiger partial charge is 0.0445 e. The Balaban J connectivity index is 0.00000110. The van der Waals surface area contributed by atoms with E-state index >= 15 is 0 Å². The number of rotatable bonds is 2. The van der Waals surface area contributed by atoms with Gasteiger partial charge < -0.3 is 4.90 Å². The van der Waals surface area contributed by atoms with Crippen LogP contribution in [0.1, 0.15) is 46.2 Å². The minimum absolute atomic E-state index is 0. The number of para-hydroxylation sites is 2. The van der Waals surface area contributed by atoms with Crippen LogP contribution in [0.2, 0.25) is 0 Å². The summed E-state index contributed by atoms with van der Waals surface area (Å²) in [5, 5.41) is 0. The number of benzene rings is 2. The molecule has 1 aliphatic rings. The molecule has 1 aliphatic heterocycles. The predicted octanol–water partition coefficient (Wildman–Crippen LogP) is 5.99. The Kier molecular flexibility index (Phi) is 6.02. The standard InChI is InChI=1S/C18H21N.2CH4/c1-3-14(2)19-17-10-6-4-8-15(17)12-13-16-9-5-7-11-18(16)19;;/h4-11,14H,3,12-13H2,1-2H3;2*1H4. The lowest BCUT2D eigenvalue weighted by Crippen LogP contribution is -2.28. The van der Waals surface area contributed by atoms with Gasteiger partial charge in [0.1, 0.15) is 0 Å². The maximum absolute atomic E-state index is 2.53. The van der Waals surface area contributed by atoms with Gasteiger partial charge in [0.15, 0.2) is 0 Å². The molecule has 0 bridgehead atoms. The van der Waals surface area contributed by atoms with Crippen molar-refractivity contribution < 1.29 is 0 Å². The summed E-state index contributed by atoms with van der Waals surface area (Å²) in [5.41, 5.74) is 5.72. The summed E-state index contributed by atoms with van der Waals surface area (Å²) in [4.78, 5) is 2.53. The third-order valence-electron chi connectivity index (χ3n) is 4.20. The van der Waals surface area contributed by atoms with Crippen LogP contribution in [0.4, 0.5) is 11.4 Å². The van der Waals surface area contributed by atoms with Gasteiger partial charge in [-0.05, 0) is 49.4 Å². The van der Waals surface area contributed by atoms with Gasteiger partial charge in [-0.15, -0.1) is 0 Å². The van der Waals surface area contributed by atoms with Gasteiger partial charge in [-0.2, -0.15) is 0 Å². The van der Waals surface area contributed by atoms with Crippen molar-refractivity contribution in [3.63, 3.8) is 0 Å². The van der Waals surface area contributed by atoms with Gasteiger partial charge in [0.05, 0.1) is 0 Å². The molecule has 2 aromatic rings. The summed E-state index contributed by atoms with van der Waals surface area (Å²) >= 11 is 0. The molecule has 0 fully saturated rings. The normalized spacial score (nSPS) is 13.9. The highest BCUT2D eigenvalue weighted by Crippen LogP contribution is 2.37. The van der Waals surface area contributed by atoms with E-state index in [2.05, 4.69) is 67.3 Å². The Morgan fingerprint density at radius 1 is 0.857 bits per heavy atom. The van der Waals surface area contributed by atoms with Gasteiger partial charge in [0.25, 0.3) is 0 Å². The Labute approximate surface area is 130 Å². The van der Waals surface area contributed by atoms with E-state index in [4.69, 9.17) is 0 Å². The van der Waals surface area contributed by atoms with Crippen molar-refractivity contribution in [3.05, 3.63) is 59.7 Å². The van der Waals surface area contributed by atoms with E-state index in [1.807, 2.05) is 0 Å². The van der Waals surface area contributed by atoms with Crippen molar-refractivity contribution in [2.75, 3.05) is 4.90 Å². The van der Waals surface area contributed by atoms with Crippen LogP contribution in [0.25, 0.3) is 0 Å². The molecule has 1 unspecified atom stereocenters. The van der Waals surface area contributed by atoms with Crippen LogP contribution < -0.4 is 4.90 Å². The number of aryl methyl sites for hydroxylation is 2. The molecule has 1 atom stereocenters. The van der Waals surface area contributed by atoms with Crippen molar-refractivity contribution in [3.8, 4) is 0 Å². The van der Waals surface area contributed by atoms with Crippen molar-refractivity contribution in [1.82, 2.24) is 0 Å². The van der Waals surface area contributed by atoms with Gasteiger partial charge in [-0.3, -0.25) is 0 Å². The van der Waals surface area contributed by atoms with E-state index < -0.39 is 0 Å². The molecule has 0 aromatic heterocycles. The summed E-state index contributed by atoms with van der Waals surface area (Å²) in [6, 6.07) is 18.2. The van der Waals surface area contributed by atoms with Gasteiger partial charge in [0.2, 0.25) is 0 Å². The second-order valence-corrected chi connectivity index (χ2v) is 5.38. The maximum atomic E-state index is 2.53. The molecular formula is C20H29N. The average Bonchev–Trinajstić information content (AvgIpc) is 2.63. The van der Waals surface area contributed by atoms with E-state index in [1.165, 1.54) is 22.5 Å². The summed E-state index contributed by atoms with van der Waals surface area (Å²) in [7, 11) is 0. The zero-order valence-corrected chi connectivity index (χ0v) is 11.8. The Bertz CT molecular complexity index is 526. The van der Waals surface area contributed by atoms with Crippen molar-refractivity contribution >= 4 is 11.4 Å². The third-order valence-corrected chi connectivity index (χ3v) is 4.20. The molecule has 114 valence electrons. The minimum Gasteiger partial charge on any atom is -0.338 e. The molecule has 0 radical (unpaired) electrons. The Morgan fingerprint density at radius 3 is 1.71 bits per heavy atom. The Hall–Kier alpha value is -1.76. The fourth-order valence-electron chi connectivity index (χ4n) is 2.97. The first-order chi connectivity index (χ1) is 9.31. The number of anilines is 2. The van der Waals surface area contributed by atoms with Crippen LogP contribution in [0, 0.1) is 0 Å². The first-order valence-corrected chi connectivity index (χ1v) is 7.26. The minimum atomic E-state index is 0. The number of hydrogen-bond donors (Lipinski definition) is 0. The quantitative estimate of drug-likeness (QED) is 0.654. The largest absolute Gasteiger partial charge is 0.338 e. The molecule has 1 heterocycles. The fraction of sp³-hybridized carbons (Fsp3) is 0.400. The molecule has 0 spiro atoms. The van der Waals surface area contributed by atoms with Crippen LogP contribution in [0.5, 0.6) is 0 Å². The fourth-order valence-corrected chi connectivity index (χ4v) is 2.97. The zero-order chi connectivity index (χ0) is 13.2. The van der Waals surface area contributed by atoms with Crippen LogP contribution in [0.15, 0.2) is 48.5 Å². The highest BCUT2D eigenvalue weighted by atomic mass is 15.2. The molecular weight excluding hydrogens is 254 g/mol. The van der Waals surface area contributed by atoms with Crippen LogP contribution in [-0.4, -0.2) is 6.04 Å². The van der Waals surface area contributed by atoms with E-state index in [0.29, 0.717) is 6.04 Å². The second-order valence-electron chi connectivity index (χ2n) is 5.38. The van der Waals surface area contributed by atoms with E-state index in [1.54, 1.807) is 0 Å². The number of hydrogen-bond acceptors (Lipinski definition) is 1. The molecule has 21 heavy (non-hydrogen) atoms. The topological polar surface area (TPSA) is 3.24 Å². The van der Waals surface area contributed by atoms with Crippen LogP contribution in [-0.2, 0) is 12.8 Å². The lowest BCUT2D eigenvalue weighted by Gasteiger charge is -2.32. The zero-order valence-electron chi connectivity index (χ0n) is 11.8. The molecule has 0 amide bonds.